The van der Waals surface area contributed by atoms with E-state index in [1.54, 1.807) is 24.3 Å². The summed E-state index contributed by atoms with van der Waals surface area (Å²) >= 11 is 5.83. The number of benzene rings is 2. The maximum Gasteiger partial charge on any atom is 0.387 e. The van der Waals surface area contributed by atoms with Crippen molar-refractivity contribution in [3.63, 3.8) is 0 Å². The fourth-order valence-electron chi connectivity index (χ4n) is 2.35. The molecule has 0 atom stereocenters. The van der Waals surface area contributed by atoms with E-state index in [1.165, 1.54) is 24.4 Å². The third-order valence-corrected chi connectivity index (χ3v) is 3.78. The molecule has 9 heteroatoms. The zero-order valence-corrected chi connectivity index (χ0v) is 13.9. The van der Waals surface area contributed by atoms with Crippen molar-refractivity contribution in [1.82, 2.24) is 9.78 Å². The SMILES string of the molecule is O=C(Cn1ncc2ccccc2c1=O)Nc1ccc(OC(F)F)c(Cl)c1. The number of hydrogen-bond acceptors (Lipinski definition) is 4. The Hall–Kier alpha value is -3.00. The van der Waals surface area contributed by atoms with Crippen LogP contribution in [0.3, 0.4) is 0 Å². The van der Waals surface area contributed by atoms with Gasteiger partial charge in [0.1, 0.15) is 12.3 Å². The molecule has 0 saturated carbocycles. The van der Waals surface area contributed by atoms with E-state index in [0.717, 1.165) is 4.68 Å². The number of carbonyl (C=O) groups excluding carboxylic acids is 1. The average Bonchev–Trinajstić information content (AvgIpc) is 2.60. The number of hydrogen-bond donors (Lipinski definition) is 1. The molecule has 0 aliphatic carbocycles. The van der Waals surface area contributed by atoms with Gasteiger partial charge >= 0.3 is 6.61 Å². The monoisotopic (exact) mass is 379 g/mol. The zero-order valence-electron chi connectivity index (χ0n) is 13.2. The Morgan fingerprint density at radius 3 is 2.77 bits per heavy atom. The minimum atomic E-state index is -3.00. The lowest BCUT2D eigenvalue weighted by Crippen LogP contribution is -2.29. The van der Waals surface area contributed by atoms with Crippen molar-refractivity contribution in [2.75, 3.05) is 5.32 Å². The van der Waals surface area contributed by atoms with Gasteiger partial charge in [-0.15, -0.1) is 0 Å². The molecule has 0 spiro atoms. The first-order chi connectivity index (χ1) is 12.4. The third-order valence-electron chi connectivity index (χ3n) is 3.49. The van der Waals surface area contributed by atoms with Crippen molar-refractivity contribution in [1.29, 1.82) is 0 Å². The van der Waals surface area contributed by atoms with Crippen molar-refractivity contribution < 1.29 is 18.3 Å². The topological polar surface area (TPSA) is 73.2 Å². The van der Waals surface area contributed by atoms with Crippen LogP contribution >= 0.6 is 11.6 Å². The maximum absolute atomic E-state index is 12.3. The highest BCUT2D eigenvalue weighted by Gasteiger charge is 2.12. The van der Waals surface area contributed by atoms with E-state index in [2.05, 4.69) is 15.2 Å². The number of ether oxygens (including phenoxy) is 1. The van der Waals surface area contributed by atoms with Crippen LogP contribution in [-0.2, 0) is 11.3 Å². The molecule has 3 rings (SSSR count). The van der Waals surface area contributed by atoms with Gasteiger partial charge in [0, 0.05) is 11.1 Å². The highest BCUT2D eigenvalue weighted by molar-refractivity contribution is 6.32. The molecule has 1 heterocycles. The molecule has 1 aromatic heterocycles. The maximum atomic E-state index is 12.3. The minimum absolute atomic E-state index is 0.0795. The summed E-state index contributed by atoms with van der Waals surface area (Å²) in [6, 6.07) is 10.7. The van der Waals surface area contributed by atoms with Gasteiger partial charge in [0.25, 0.3) is 5.56 Å². The molecule has 2 aromatic carbocycles. The summed E-state index contributed by atoms with van der Waals surface area (Å²) in [6.07, 6.45) is 1.50. The van der Waals surface area contributed by atoms with Gasteiger partial charge in [-0.25, -0.2) is 4.68 Å². The van der Waals surface area contributed by atoms with Gasteiger partial charge in [-0.05, 0) is 24.3 Å². The Morgan fingerprint density at radius 1 is 1.27 bits per heavy atom. The van der Waals surface area contributed by atoms with Crippen molar-refractivity contribution in [3.8, 4) is 5.75 Å². The standard InChI is InChI=1S/C17H12ClF2N3O3/c18-13-7-11(5-6-14(13)26-17(19)20)22-15(24)9-23-16(25)12-4-2-1-3-10(12)8-21-23/h1-8,17H,9H2,(H,22,24). The van der Waals surface area contributed by atoms with Crippen molar-refractivity contribution >= 4 is 34.0 Å². The Bertz CT molecular complexity index is 1020. The zero-order chi connectivity index (χ0) is 18.7. The van der Waals surface area contributed by atoms with Crippen LogP contribution in [-0.4, -0.2) is 22.3 Å². The Balaban J connectivity index is 1.74. The number of amides is 1. The Morgan fingerprint density at radius 2 is 2.04 bits per heavy atom. The van der Waals surface area contributed by atoms with Crippen LogP contribution in [0, 0.1) is 0 Å². The van der Waals surface area contributed by atoms with Gasteiger partial charge in [-0.3, -0.25) is 9.59 Å². The van der Waals surface area contributed by atoms with Gasteiger partial charge < -0.3 is 10.1 Å². The van der Waals surface area contributed by atoms with Crippen LogP contribution in [0.1, 0.15) is 0 Å². The van der Waals surface area contributed by atoms with E-state index in [9.17, 15) is 18.4 Å². The summed E-state index contributed by atoms with van der Waals surface area (Å²) in [7, 11) is 0. The summed E-state index contributed by atoms with van der Waals surface area (Å²) in [6.45, 7) is -3.31. The number of anilines is 1. The number of nitrogens with one attached hydrogen (secondary N) is 1. The molecular weight excluding hydrogens is 368 g/mol. The number of nitrogens with zero attached hydrogens (tertiary/aromatic N) is 2. The molecule has 0 unspecified atom stereocenters. The number of aromatic nitrogens is 2. The van der Waals surface area contributed by atoms with Gasteiger partial charge in [0.15, 0.2) is 0 Å². The number of halogens is 3. The number of rotatable bonds is 5. The number of alkyl halides is 2. The van der Waals surface area contributed by atoms with Gasteiger partial charge in [-0.1, -0.05) is 29.8 Å². The van der Waals surface area contributed by atoms with Crippen LogP contribution in [0.25, 0.3) is 10.8 Å². The first kappa shape index (κ1) is 17.8. The highest BCUT2D eigenvalue weighted by atomic mass is 35.5. The average molecular weight is 380 g/mol. The Labute approximate surface area is 151 Å². The highest BCUT2D eigenvalue weighted by Crippen LogP contribution is 2.28. The van der Waals surface area contributed by atoms with Crippen molar-refractivity contribution in [3.05, 3.63) is 64.0 Å². The lowest BCUT2D eigenvalue weighted by Gasteiger charge is -2.10. The molecule has 0 aliphatic heterocycles. The van der Waals surface area contributed by atoms with Crippen LogP contribution < -0.4 is 15.6 Å². The van der Waals surface area contributed by atoms with E-state index < -0.39 is 18.1 Å². The smallest absolute Gasteiger partial charge is 0.387 e. The number of fused-ring (bicyclic) bond motifs is 1. The largest absolute Gasteiger partial charge is 0.433 e. The van der Waals surface area contributed by atoms with Crippen molar-refractivity contribution in [2.45, 2.75) is 13.2 Å². The van der Waals surface area contributed by atoms with Crippen LogP contribution in [0.5, 0.6) is 5.75 Å². The lowest BCUT2D eigenvalue weighted by atomic mass is 10.2. The molecule has 6 nitrogen and oxygen atoms in total. The minimum Gasteiger partial charge on any atom is -0.433 e. The van der Waals surface area contributed by atoms with Crippen molar-refractivity contribution in [2.24, 2.45) is 0 Å². The van der Waals surface area contributed by atoms with E-state index >= 15 is 0 Å². The van der Waals surface area contributed by atoms with E-state index in [-0.39, 0.29) is 23.0 Å². The van der Waals surface area contributed by atoms with E-state index in [4.69, 9.17) is 11.6 Å². The summed E-state index contributed by atoms with van der Waals surface area (Å²) in [4.78, 5) is 24.5. The second-order valence-electron chi connectivity index (χ2n) is 5.27. The molecule has 0 radical (unpaired) electrons. The van der Waals surface area contributed by atoms with Gasteiger partial charge in [0.05, 0.1) is 16.6 Å². The molecule has 3 aromatic rings. The van der Waals surface area contributed by atoms with Gasteiger partial charge in [0.2, 0.25) is 5.91 Å². The fourth-order valence-corrected chi connectivity index (χ4v) is 2.57. The van der Waals surface area contributed by atoms with Crippen LogP contribution in [0.15, 0.2) is 53.5 Å². The predicted octanol–water partition coefficient (Wildman–Crippen LogP) is 3.29. The van der Waals surface area contributed by atoms with Crippen LogP contribution in [0.4, 0.5) is 14.5 Å². The first-order valence-corrected chi connectivity index (χ1v) is 7.81. The number of carbonyl (C=O) groups is 1. The lowest BCUT2D eigenvalue weighted by molar-refractivity contribution is -0.117. The molecule has 0 aliphatic rings. The summed E-state index contributed by atoms with van der Waals surface area (Å²) in [5.41, 5.74) is -0.118. The Kier molecular flexibility index (Phi) is 5.13. The van der Waals surface area contributed by atoms with Crippen LogP contribution in [0.2, 0.25) is 5.02 Å². The summed E-state index contributed by atoms with van der Waals surface area (Å²) in [5.74, 6) is -0.722. The van der Waals surface area contributed by atoms with Gasteiger partial charge in [-0.2, -0.15) is 13.9 Å². The second-order valence-corrected chi connectivity index (χ2v) is 5.67. The van der Waals surface area contributed by atoms with E-state index in [0.29, 0.717) is 10.8 Å². The normalized spacial score (nSPS) is 10.9. The first-order valence-electron chi connectivity index (χ1n) is 7.43. The second kappa shape index (κ2) is 7.49. The molecule has 134 valence electrons. The molecule has 0 fully saturated rings. The molecular formula is C17H12ClF2N3O3. The summed E-state index contributed by atoms with van der Waals surface area (Å²) < 4.78 is 29.7. The molecule has 1 N–H and O–H groups in total. The molecule has 1 amide bonds. The third kappa shape index (κ3) is 3.97. The van der Waals surface area contributed by atoms with E-state index in [1.807, 2.05) is 0 Å². The summed E-state index contributed by atoms with van der Waals surface area (Å²) in [5, 5.41) is 7.53. The quantitative estimate of drug-likeness (QED) is 0.738. The fraction of sp³-hybridized carbons (Fsp3) is 0.118. The molecule has 0 bridgehead atoms. The predicted molar refractivity (Wildman–Crippen MR) is 92.7 cm³/mol. The molecule has 26 heavy (non-hydrogen) atoms. The molecule has 0 saturated heterocycles.